The number of anilines is 2. The molecule has 1 atom stereocenters. The van der Waals surface area contributed by atoms with Crippen LogP contribution in [0.2, 0.25) is 0 Å². The number of nitrogens with zero attached hydrogens (tertiary/aromatic N) is 1. The summed E-state index contributed by atoms with van der Waals surface area (Å²) in [5.41, 5.74) is 6.47. The summed E-state index contributed by atoms with van der Waals surface area (Å²) in [4.78, 5) is 14.7. The molecule has 1 aliphatic heterocycles. The van der Waals surface area contributed by atoms with Crippen molar-refractivity contribution < 1.29 is 14.6 Å². The van der Waals surface area contributed by atoms with Crippen LogP contribution in [0.25, 0.3) is 0 Å². The molecule has 1 saturated heterocycles. The number of rotatable bonds is 5. The van der Waals surface area contributed by atoms with Crippen LogP contribution < -0.4 is 20.7 Å². The highest BCUT2D eigenvalue weighted by molar-refractivity contribution is 7.19. The van der Waals surface area contributed by atoms with Crippen LogP contribution in [-0.2, 0) is 0 Å². The van der Waals surface area contributed by atoms with Crippen molar-refractivity contribution >= 4 is 27.9 Å². The first kappa shape index (κ1) is 15.9. The van der Waals surface area contributed by atoms with Crippen molar-refractivity contribution in [2.45, 2.75) is 19.8 Å². The number of nitrogens with one attached hydrogen (secondary N) is 1. The van der Waals surface area contributed by atoms with E-state index < -0.39 is 0 Å². The van der Waals surface area contributed by atoms with Crippen LogP contribution in [0.1, 0.15) is 29.4 Å². The quantitative estimate of drug-likeness (QED) is 0.762. The monoisotopic (exact) mass is 313 g/mol. The molecule has 1 fully saturated rings. The van der Waals surface area contributed by atoms with Gasteiger partial charge in [0.05, 0.1) is 7.11 Å². The Kier molecular flexibility index (Phi) is 5.30. The van der Waals surface area contributed by atoms with Gasteiger partial charge in [-0.1, -0.05) is 0 Å². The smallest absolute Gasteiger partial charge is 0.263 e. The van der Waals surface area contributed by atoms with Crippen LogP contribution in [0.4, 0.5) is 10.7 Å². The average Bonchev–Trinajstić information content (AvgIpc) is 2.84. The summed E-state index contributed by atoms with van der Waals surface area (Å²) in [6, 6.07) is 0. The lowest BCUT2D eigenvalue weighted by Gasteiger charge is -2.32. The molecular weight excluding hydrogens is 290 g/mol. The molecule has 1 unspecified atom stereocenters. The van der Waals surface area contributed by atoms with Crippen molar-refractivity contribution in [3.05, 3.63) is 4.88 Å². The van der Waals surface area contributed by atoms with E-state index in [2.05, 4.69) is 10.2 Å². The van der Waals surface area contributed by atoms with Gasteiger partial charge in [0.15, 0.2) is 5.75 Å². The van der Waals surface area contributed by atoms with Gasteiger partial charge in [-0.2, -0.15) is 0 Å². The van der Waals surface area contributed by atoms with E-state index in [1.807, 2.05) is 6.92 Å². The number of aliphatic hydroxyl groups excluding tert-OH is 1. The van der Waals surface area contributed by atoms with E-state index in [0.29, 0.717) is 22.9 Å². The maximum atomic E-state index is 12.1. The molecule has 1 aromatic heterocycles. The summed E-state index contributed by atoms with van der Waals surface area (Å²) in [7, 11) is 1.57. The number of piperidine rings is 1. The van der Waals surface area contributed by atoms with Crippen molar-refractivity contribution in [2.75, 3.05) is 44.0 Å². The Morgan fingerprint density at radius 2 is 2.38 bits per heavy atom. The highest BCUT2D eigenvalue weighted by Gasteiger charge is 2.28. The number of aliphatic hydroxyl groups is 1. The fourth-order valence-electron chi connectivity index (χ4n) is 2.63. The summed E-state index contributed by atoms with van der Waals surface area (Å²) in [6.07, 6.45) is 2.04. The van der Waals surface area contributed by atoms with Crippen molar-refractivity contribution in [3.8, 4) is 5.75 Å². The number of methoxy groups -OCH3 is 1. The lowest BCUT2D eigenvalue weighted by atomic mass is 9.99. The summed E-state index contributed by atoms with van der Waals surface area (Å²) in [5.74, 6) is 0.666. The molecular formula is C14H23N3O3S. The maximum Gasteiger partial charge on any atom is 0.263 e. The Balaban J connectivity index is 2.30. The van der Waals surface area contributed by atoms with Crippen LogP contribution in [-0.4, -0.2) is 44.4 Å². The molecule has 1 amide bonds. The minimum atomic E-state index is -0.166. The normalized spacial score (nSPS) is 18.6. The van der Waals surface area contributed by atoms with Crippen LogP contribution >= 0.6 is 11.3 Å². The van der Waals surface area contributed by atoms with Gasteiger partial charge in [-0.25, -0.2) is 0 Å². The van der Waals surface area contributed by atoms with Crippen LogP contribution in [0.15, 0.2) is 0 Å². The number of carbonyl (C=O) groups is 1. The zero-order valence-electron chi connectivity index (χ0n) is 12.5. The Bertz CT molecular complexity index is 504. The molecule has 0 spiro atoms. The molecule has 1 aliphatic rings. The van der Waals surface area contributed by atoms with Gasteiger partial charge in [-0.15, -0.1) is 11.3 Å². The SMILES string of the molecule is CCNC(=O)c1sc(N2CCCC(CO)C2)c(OC)c1N. The summed E-state index contributed by atoms with van der Waals surface area (Å²) >= 11 is 1.36. The van der Waals surface area contributed by atoms with E-state index in [1.165, 1.54) is 11.3 Å². The average molecular weight is 313 g/mol. The number of ether oxygens (including phenoxy) is 1. The number of amides is 1. The number of hydrogen-bond acceptors (Lipinski definition) is 6. The fraction of sp³-hybridized carbons (Fsp3) is 0.643. The lowest BCUT2D eigenvalue weighted by molar-refractivity contribution is 0.0960. The third-order valence-electron chi connectivity index (χ3n) is 3.69. The molecule has 1 aromatic rings. The number of nitrogen functional groups attached to an aromatic ring is 1. The van der Waals surface area contributed by atoms with Gasteiger partial charge in [0.2, 0.25) is 0 Å². The van der Waals surface area contributed by atoms with E-state index >= 15 is 0 Å². The molecule has 2 heterocycles. The standard InChI is InChI=1S/C14H23N3O3S/c1-3-16-13(19)12-10(15)11(20-2)14(21-12)17-6-4-5-9(7-17)8-18/h9,18H,3-8,15H2,1-2H3,(H,16,19). The predicted octanol–water partition coefficient (Wildman–Crippen LogP) is 1.30. The first-order valence-corrected chi connectivity index (χ1v) is 8.04. The third kappa shape index (κ3) is 3.24. The molecule has 0 bridgehead atoms. The minimum Gasteiger partial charge on any atom is -0.492 e. The number of thiophene rings is 1. The van der Waals surface area contributed by atoms with Gasteiger partial charge < -0.3 is 25.8 Å². The topological polar surface area (TPSA) is 87.8 Å². The molecule has 21 heavy (non-hydrogen) atoms. The summed E-state index contributed by atoms with van der Waals surface area (Å²) in [5, 5.41) is 13.0. The van der Waals surface area contributed by atoms with Gasteiger partial charge in [-0.3, -0.25) is 4.79 Å². The molecule has 118 valence electrons. The predicted molar refractivity (Wildman–Crippen MR) is 85.3 cm³/mol. The summed E-state index contributed by atoms with van der Waals surface area (Å²) in [6.45, 7) is 4.27. The Labute approximate surface area is 128 Å². The minimum absolute atomic E-state index is 0.166. The van der Waals surface area contributed by atoms with Crippen molar-refractivity contribution in [2.24, 2.45) is 5.92 Å². The molecule has 0 radical (unpaired) electrons. The molecule has 0 saturated carbocycles. The first-order chi connectivity index (χ1) is 10.1. The van der Waals surface area contributed by atoms with Gasteiger partial charge >= 0.3 is 0 Å². The Morgan fingerprint density at radius 3 is 3.00 bits per heavy atom. The van der Waals surface area contributed by atoms with Gasteiger partial charge in [0.1, 0.15) is 15.6 Å². The lowest BCUT2D eigenvalue weighted by Crippen LogP contribution is -2.36. The van der Waals surface area contributed by atoms with E-state index in [4.69, 9.17) is 10.5 Å². The number of carbonyl (C=O) groups excluding carboxylic acids is 1. The zero-order valence-corrected chi connectivity index (χ0v) is 13.3. The fourth-order valence-corrected chi connectivity index (χ4v) is 3.77. The number of hydrogen-bond donors (Lipinski definition) is 3. The van der Waals surface area contributed by atoms with Crippen LogP contribution in [0.3, 0.4) is 0 Å². The second kappa shape index (κ2) is 7.00. The first-order valence-electron chi connectivity index (χ1n) is 7.22. The van der Waals surface area contributed by atoms with Gasteiger partial charge in [-0.05, 0) is 25.7 Å². The van der Waals surface area contributed by atoms with Crippen molar-refractivity contribution in [1.29, 1.82) is 0 Å². The second-order valence-electron chi connectivity index (χ2n) is 5.18. The largest absolute Gasteiger partial charge is 0.492 e. The zero-order chi connectivity index (χ0) is 15.4. The summed E-state index contributed by atoms with van der Waals surface area (Å²) < 4.78 is 5.41. The maximum absolute atomic E-state index is 12.1. The molecule has 0 aromatic carbocycles. The Morgan fingerprint density at radius 1 is 1.62 bits per heavy atom. The van der Waals surface area contributed by atoms with Gasteiger partial charge in [0, 0.05) is 26.2 Å². The van der Waals surface area contributed by atoms with Crippen molar-refractivity contribution in [3.63, 3.8) is 0 Å². The molecule has 6 nitrogen and oxygen atoms in total. The van der Waals surface area contributed by atoms with E-state index in [1.54, 1.807) is 7.11 Å². The van der Waals surface area contributed by atoms with E-state index in [0.717, 1.165) is 30.9 Å². The second-order valence-corrected chi connectivity index (χ2v) is 6.18. The van der Waals surface area contributed by atoms with E-state index in [9.17, 15) is 9.90 Å². The van der Waals surface area contributed by atoms with E-state index in [-0.39, 0.29) is 18.4 Å². The number of nitrogens with two attached hydrogens (primary N) is 1. The highest BCUT2D eigenvalue weighted by atomic mass is 32.1. The van der Waals surface area contributed by atoms with Gasteiger partial charge in [0.25, 0.3) is 5.91 Å². The third-order valence-corrected chi connectivity index (χ3v) is 4.94. The molecule has 2 rings (SSSR count). The Hall–Kier alpha value is -1.47. The highest BCUT2D eigenvalue weighted by Crippen LogP contribution is 2.45. The van der Waals surface area contributed by atoms with Crippen LogP contribution in [0.5, 0.6) is 5.75 Å². The molecule has 4 N–H and O–H groups in total. The van der Waals surface area contributed by atoms with Crippen LogP contribution in [0, 0.1) is 5.92 Å². The molecule has 0 aliphatic carbocycles. The van der Waals surface area contributed by atoms with Crippen molar-refractivity contribution in [1.82, 2.24) is 5.32 Å². The molecule has 7 heteroatoms.